The van der Waals surface area contributed by atoms with Crippen molar-refractivity contribution < 1.29 is 23.5 Å². The lowest BCUT2D eigenvalue weighted by molar-refractivity contribution is -0.131. The van der Waals surface area contributed by atoms with E-state index >= 15 is 4.39 Å². The Labute approximate surface area is 242 Å². The zero-order valence-electron chi connectivity index (χ0n) is 23.7. The Bertz CT molecular complexity index is 1650. The smallest absolute Gasteiger partial charge is 0.270 e. The lowest BCUT2D eigenvalue weighted by atomic mass is 9.93. The Morgan fingerprint density at radius 1 is 1.14 bits per heavy atom. The van der Waals surface area contributed by atoms with Crippen molar-refractivity contribution in [3.05, 3.63) is 71.9 Å². The molecule has 6 rings (SSSR count). The fraction of sp³-hybridized carbons (Fsp3) is 0.355. The van der Waals surface area contributed by atoms with Gasteiger partial charge < -0.3 is 24.3 Å². The van der Waals surface area contributed by atoms with Gasteiger partial charge in [0.1, 0.15) is 11.4 Å². The van der Waals surface area contributed by atoms with Crippen LogP contribution in [0.2, 0.25) is 0 Å². The first-order valence-electron chi connectivity index (χ1n) is 14.1. The summed E-state index contributed by atoms with van der Waals surface area (Å²) in [5.74, 6) is -0.0551. The molecular weight excluding hydrogens is 539 g/mol. The molecule has 42 heavy (non-hydrogen) atoms. The SMILES string of the molecule is COc1ccccc1-c1cc(C2=CCCN(C(=O)CCn3ccnn3)C2)c(F)c2[nH]c(C(=O)N3CCO[C@@H](C)C3)cc12. The van der Waals surface area contributed by atoms with Crippen LogP contribution in [-0.2, 0) is 16.1 Å². The molecule has 1 saturated heterocycles. The van der Waals surface area contributed by atoms with Crippen LogP contribution in [-0.4, -0.2) is 87.6 Å². The molecule has 1 N–H and O–H groups in total. The minimum atomic E-state index is -0.457. The van der Waals surface area contributed by atoms with E-state index in [1.165, 1.54) is 0 Å². The third-order valence-corrected chi connectivity index (χ3v) is 7.88. The number of carbonyl (C=O) groups excluding carboxylic acids is 2. The first kappa shape index (κ1) is 27.6. The Hall–Kier alpha value is -4.51. The number of morpholine rings is 1. The lowest BCUT2D eigenvalue weighted by Crippen LogP contribution is -2.44. The average molecular weight is 573 g/mol. The zero-order chi connectivity index (χ0) is 29.2. The molecule has 1 atom stereocenters. The van der Waals surface area contributed by atoms with E-state index in [4.69, 9.17) is 9.47 Å². The zero-order valence-corrected chi connectivity index (χ0v) is 23.7. The van der Waals surface area contributed by atoms with E-state index < -0.39 is 5.82 Å². The van der Waals surface area contributed by atoms with Gasteiger partial charge in [0.25, 0.3) is 5.91 Å². The highest BCUT2D eigenvalue weighted by Gasteiger charge is 2.28. The number of halogens is 1. The normalized spacial score (nSPS) is 17.4. The van der Waals surface area contributed by atoms with Crippen LogP contribution in [0.5, 0.6) is 5.75 Å². The highest BCUT2D eigenvalue weighted by molar-refractivity contribution is 6.05. The Kier molecular flexibility index (Phi) is 7.75. The van der Waals surface area contributed by atoms with E-state index in [-0.39, 0.29) is 36.4 Å². The number of fused-ring (bicyclic) bond motifs is 1. The molecule has 11 heteroatoms. The third-order valence-electron chi connectivity index (χ3n) is 7.88. The molecule has 0 bridgehead atoms. The second kappa shape index (κ2) is 11.8. The lowest BCUT2D eigenvalue weighted by Gasteiger charge is -2.30. The van der Waals surface area contributed by atoms with Crippen LogP contribution in [0.15, 0.2) is 54.9 Å². The number of carbonyl (C=O) groups is 2. The predicted octanol–water partition coefficient (Wildman–Crippen LogP) is 4.14. The largest absolute Gasteiger partial charge is 0.496 e. The number of hydrogen-bond donors (Lipinski definition) is 1. The summed E-state index contributed by atoms with van der Waals surface area (Å²) in [6.07, 6.45) is 6.09. The summed E-state index contributed by atoms with van der Waals surface area (Å²) in [7, 11) is 1.60. The average Bonchev–Trinajstić information content (AvgIpc) is 3.71. The van der Waals surface area contributed by atoms with Gasteiger partial charge in [-0.25, -0.2) is 4.39 Å². The van der Waals surface area contributed by atoms with E-state index in [9.17, 15) is 9.59 Å². The van der Waals surface area contributed by atoms with Crippen LogP contribution >= 0.6 is 0 Å². The number of para-hydroxylation sites is 1. The maximum absolute atomic E-state index is 16.4. The van der Waals surface area contributed by atoms with Crippen molar-refractivity contribution in [2.75, 3.05) is 39.9 Å². The van der Waals surface area contributed by atoms with E-state index in [2.05, 4.69) is 15.3 Å². The Morgan fingerprint density at radius 3 is 2.79 bits per heavy atom. The highest BCUT2D eigenvalue weighted by atomic mass is 19.1. The number of nitrogens with one attached hydrogen (secondary N) is 1. The van der Waals surface area contributed by atoms with Gasteiger partial charge in [-0.05, 0) is 42.7 Å². The fourth-order valence-electron chi connectivity index (χ4n) is 5.74. The Balaban J connectivity index is 1.38. The van der Waals surface area contributed by atoms with Gasteiger partial charge in [0.15, 0.2) is 5.82 Å². The van der Waals surface area contributed by atoms with Crippen LogP contribution in [0.1, 0.15) is 35.8 Å². The van der Waals surface area contributed by atoms with Crippen LogP contribution in [0, 0.1) is 5.82 Å². The molecule has 0 unspecified atom stereocenters. The molecule has 2 aliphatic heterocycles. The molecule has 0 aliphatic carbocycles. The molecule has 0 radical (unpaired) electrons. The molecule has 2 aliphatic rings. The number of benzene rings is 2. The first-order valence-corrected chi connectivity index (χ1v) is 14.1. The summed E-state index contributed by atoms with van der Waals surface area (Å²) in [5.41, 5.74) is 3.18. The molecule has 218 valence electrons. The highest BCUT2D eigenvalue weighted by Crippen LogP contribution is 2.40. The molecule has 2 aromatic heterocycles. The van der Waals surface area contributed by atoms with Gasteiger partial charge >= 0.3 is 0 Å². The molecule has 10 nitrogen and oxygen atoms in total. The summed E-state index contributed by atoms with van der Waals surface area (Å²) in [4.78, 5) is 33.1. The van der Waals surface area contributed by atoms with Gasteiger partial charge in [0, 0.05) is 55.3 Å². The summed E-state index contributed by atoms with van der Waals surface area (Å²) in [6.45, 7) is 4.59. The summed E-state index contributed by atoms with van der Waals surface area (Å²) < 4.78 is 29.3. The van der Waals surface area contributed by atoms with Gasteiger partial charge in [-0.3, -0.25) is 14.3 Å². The molecular formula is C31H33FN6O4. The predicted molar refractivity (Wildman–Crippen MR) is 155 cm³/mol. The van der Waals surface area contributed by atoms with Crippen molar-refractivity contribution in [3.8, 4) is 16.9 Å². The molecule has 2 aromatic carbocycles. The van der Waals surface area contributed by atoms with Crippen molar-refractivity contribution in [3.63, 3.8) is 0 Å². The number of methoxy groups -OCH3 is 1. The van der Waals surface area contributed by atoms with Crippen molar-refractivity contribution in [2.45, 2.75) is 32.4 Å². The van der Waals surface area contributed by atoms with Crippen LogP contribution in [0.4, 0.5) is 4.39 Å². The van der Waals surface area contributed by atoms with Crippen molar-refractivity contribution >= 4 is 28.3 Å². The summed E-state index contributed by atoms with van der Waals surface area (Å²) >= 11 is 0. The van der Waals surface area contributed by atoms with E-state index in [0.717, 1.165) is 16.7 Å². The van der Waals surface area contributed by atoms with Gasteiger partial charge in [-0.2, -0.15) is 0 Å². The monoisotopic (exact) mass is 572 g/mol. The minimum absolute atomic E-state index is 0.0324. The first-order chi connectivity index (χ1) is 20.4. The maximum Gasteiger partial charge on any atom is 0.270 e. The molecule has 4 aromatic rings. The molecule has 0 saturated carbocycles. The second-order valence-corrected chi connectivity index (χ2v) is 10.6. The molecule has 0 spiro atoms. The van der Waals surface area contributed by atoms with E-state index in [1.54, 1.807) is 40.1 Å². The van der Waals surface area contributed by atoms with Crippen LogP contribution < -0.4 is 4.74 Å². The van der Waals surface area contributed by atoms with E-state index in [0.29, 0.717) is 61.6 Å². The number of aromatic nitrogens is 4. The number of hydrogen-bond acceptors (Lipinski definition) is 6. The minimum Gasteiger partial charge on any atom is -0.496 e. The quantitative estimate of drug-likeness (QED) is 0.357. The fourth-order valence-corrected chi connectivity index (χ4v) is 5.74. The van der Waals surface area contributed by atoms with Gasteiger partial charge in [-0.15, -0.1) is 5.10 Å². The second-order valence-electron chi connectivity index (χ2n) is 10.6. The van der Waals surface area contributed by atoms with E-state index in [1.807, 2.05) is 43.3 Å². The van der Waals surface area contributed by atoms with Crippen molar-refractivity contribution in [1.82, 2.24) is 29.8 Å². The molecule has 4 heterocycles. The number of rotatable bonds is 7. The van der Waals surface area contributed by atoms with Crippen molar-refractivity contribution in [1.29, 1.82) is 0 Å². The van der Waals surface area contributed by atoms with Gasteiger partial charge in [0.05, 0.1) is 38.1 Å². The summed E-state index contributed by atoms with van der Waals surface area (Å²) in [6, 6.07) is 11.1. The van der Waals surface area contributed by atoms with Crippen molar-refractivity contribution in [2.24, 2.45) is 0 Å². The number of aromatic amines is 1. The summed E-state index contributed by atoms with van der Waals surface area (Å²) in [5, 5.41) is 8.29. The Morgan fingerprint density at radius 2 is 2.00 bits per heavy atom. The van der Waals surface area contributed by atoms with Crippen LogP contribution in [0.3, 0.4) is 0 Å². The number of ether oxygens (including phenoxy) is 2. The number of aryl methyl sites for hydroxylation is 1. The van der Waals surface area contributed by atoms with Crippen LogP contribution in [0.25, 0.3) is 27.6 Å². The number of nitrogens with zero attached hydrogens (tertiary/aromatic N) is 5. The van der Waals surface area contributed by atoms with Gasteiger partial charge in [0.2, 0.25) is 5.91 Å². The third kappa shape index (κ3) is 5.39. The number of H-pyrrole nitrogens is 1. The standard InChI is InChI=1S/C31H33FN6O4/c1-20-18-37(14-15-42-20)31(40)26-17-25-24(22-7-3-4-8-27(22)41-2)16-23(29(32)30(25)34-26)21-6-5-11-36(19-21)28(39)9-12-38-13-10-33-35-38/h3-4,6-8,10,13,16-17,20,34H,5,9,11-12,14-15,18-19H2,1-2H3/t20-/m0/s1. The topological polar surface area (TPSA) is 106 Å². The number of amides is 2. The molecule has 2 amide bonds. The molecule has 1 fully saturated rings. The maximum atomic E-state index is 16.4. The van der Waals surface area contributed by atoms with Gasteiger partial charge in [-0.1, -0.05) is 29.5 Å².